The quantitative estimate of drug-likeness (QED) is 0.702. The van der Waals surface area contributed by atoms with Crippen LogP contribution < -0.4 is 4.74 Å². The van der Waals surface area contributed by atoms with E-state index in [1.54, 1.807) is 7.11 Å². The zero-order chi connectivity index (χ0) is 19.5. The van der Waals surface area contributed by atoms with Gasteiger partial charge in [-0.1, -0.05) is 18.2 Å². The summed E-state index contributed by atoms with van der Waals surface area (Å²) in [7, 11) is 1.66. The van der Waals surface area contributed by atoms with Gasteiger partial charge in [0.05, 0.1) is 12.8 Å². The molecule has 3 aromatic rings. The molecule has 2 heterocycles. The highest BCUT2D eigenvalue weighted by molar-refractivity contribution is 5.94. The van der Waals surface area contributed by atoms with Crippen molar-refractivity contribution in [1.29, 1.82) is 0 Å². The smallest absolute Gasteiger partial charge is 0.253 e. The molecule has 4 rings (SSSR count). The van der Waals surface area contributed by atoms with Crippen molar-refractivity contribution >= 4 is 5.91 Å². The number of ether oxygens (including phenoxy) is 1. The zero-order valence-electron chi connectivity index (χ0n) is 16.2. The lowest BCUT2D eigenvalue weighted by Crippen LogP contribution is -2.33. The summed E-state index contributed by atoms with van der Waals surface area (Å²) in [5.74, 6) is 1.65. The molecule has 28 heavy (non-hydrogen) atoms. The number of hydrogen-bond donors (Lipinski definition) is 0. The summed E-state index contributed by atoms with van der Waals surface area (Å²) in [6.07, 6.45) is 1.48. The van der Waals surface area contributed by atoms with E-state index in [0.29, 0.717) is 13.1 Å². The molecule has 0 N–H and O–H groups in total. The van der Waals surface area contributed by atoms with Crippen LogP contribution in [0.25, 0.3) is 11.3 Å². The molecule has 0 aliphatic carbocycles. The number of methoxy groups -OCH3 is 1. The standard InChI is InChI=1S/C23H23N3O2/c1-16-24-21-13-15-26(23(27)18-6-4-3-5-7-18)14-12-20(21)22(25-16)17-8-10-19(28-2)11-9-17/h3-11H,12-15H2,1-2H3. The average molecular weight is 373 g/mol. The van der Waals surface area contributed by atoms with E-state index in [9.17, 15) is 4.79 Å². The third kappa shape index (κ3) is 3.60. The summed E-state index contributed by atoms with van der Waals surface area (Å²) in [5, 5.41) is 0. The van der Waals surface area contributed by atoms with Gasteiger partial charge in [0.2, 0.25) is 0 Å². The first-order valence-corrected chi connectivity index (χ1v) is 9.51. The third-order valence-corrected chi connectivity index (χ3v) is 5.13. The fourth-order valence-corrected chi connectivity index (χ4v) is 3.68. The van der Waals surface area contributed by atoms with Crippen molar-refractivity contribution in [3.63, 3.8) is 0 Å². The Balaban J connectivity index is 1.64. The summed E-state index contributed by atoms with van der Waals surface area (Å²) >= 11 is 0. The van der Waals surface area contributed by atoms with Gasteiger partial charge in [-0.05, 0) is 49.7 Å². The summed E-state index contributed by atoms with van der Waals surface area (Å²) in [5.41, 5.74) is 4.91. The molecule has 0 bridgehead atoms. The molecule has 0 unspecified atom stereocenters. The first-order chi connectivity index (χ1) is 13.7. The molecule has 1 aliphatic rings. The average Bonchev–Trinajstić information content (AvgIpc) is 2.96. The lowest BCUT2D eigenvalue weighted by Gasteiger charge is -2.20. The Kier molecular flexibility index (Phi) is 5.06. The van der Waals surface area contributed by atoms with Crippen molar-refractivity contribution in [2.45, 2.75) is 19.8 Å². The number of aromatic nitrogens is 2. The second kappa shape index (κ2) is 7.80. The van der Waals surface area contributed by atoms with Crippen LogP contribution in [0.4, 0.5) is 0 Å². The molecular formula is C23H23N3O2. The minimum absolute atomic E-state index is 0.0732. The SMILES string of the molecule is COc1ccc(-c2nc(C)nc3c2CCN(C(=O)c2ccccc2)CC3)cc1. The molecule has 0 saturated carbocycles. The Bertz CT molecular complexity index is 985. The van der Waals surface area contributed by atoms with Gasteiger partial charge >= 0.3 is 0 Å². The Morgan fingerprint density at radius 2 is 1.68 bits per heavy atom. The van der Waals surface area contributed by atoms with Gasteiger partial charge in [0.15, 0.2) is 0 Å². The maximum Gasteiger partial charge on any atom is 0.253 e. The highest BCUT2D eigenvalue weighted by Gasteiger charge is 2.23. The summed E-state index contributed by atoms with van der Waals surface area (Å²) < 4.78 is 5.27. The van der Waals surface area contributed by atoms with Crippen LogP contribution >= 0.6 is 0 Å². The van der Waals surface area contributed by atoms with Crippen molar-refractivity contribution in [3.8, 4) is 17.0 Å². The van der Waals surface area contributed by atoms with E-state index in [4.69, 9.17) is 9.72 Å². The monoisotopic (exact) mass is 373 g/mol. The van der Waals surface area contributed by atoms with E-state index in [1.807, 2.05) is 66.4 Å². The first-order valence-electron chi connectivity index (χ1n) is 9.51. The van der Waals surface area contributed by atoms with Gasteiger partial charge in [-0.15, -0.1) is 0 Å². The number of benzene rings is 2. The van der Waals surface area contributed by atoms with Crippen LogP contribution in [0.5, 0.6) is 5.75 Å². The fraction of sp³-hybridized carbons (Fsp3) is 0.261. The zero-order valence-corrected chi connectivity index (χ0v) is 16.2. The number of fused-ring (bicyclic) bond motifs is 1. The number of rotatable bonds is 3. The van der Waals surface area contributed by atoms with Gasteiger partial charge in [0, 0.05) is 41.9 Å². The van der Waals surface area contributed by atoms with Crippen LogP contribution in [0.2, 0.25) is 0 Å². The van der Waals surface area contributed by atoms with Crippen molar-refractivity contribution in [2.24, 2.45) is 0 Å². The summed E-state index contributed by atoms with van der Waals surface area (Å²) in [4.78, 5) is 24.2. The second-order valence-corrected chi connectivity index (χ2v) is 6.93. The number of nitrogens with zero attached hydrogens (tertiary/aromatic N) is 3. The molecule has 0 saturated heterocycles. The van der Waals surface area contributed by atoms with Gasteiger partial charge in [0.1, 0.15) is 11.6 Å². The molecule has 0 fully saturated rings. The van der Waals surface area contributed by atoms with Gasteiger partial charge in [-0.2, -0.15) is 0 Å². The highest BCUT2D eigenvalue weighted by atomic mass is 16.5. The number of hydrogen-bond acceptors (Lipinski definition) is 4. The third-order valence-electron chi connectivity index (χ3n) is 5.13. The van der Waals surface area contributed by atoms with Crippen LogP contribution in [0, 0.1) is 6.92 Å². The molecule has 0 spiro atoms. The molecule has 1 aromatic heterocycles. The van der Waals surface area contributed by atoms with E-state index < -0.39 is 0 Å². The maximum atomic E-state index is 12.9. The summed E-state index contributed by atoms with van der Waals surface area (Å²) in [6.45, 7) is 3.25. The van der Waals surface area contributed by atoms with Crippen molar-refractivity contribution in [2.75, 3.05) is 20.2 Å². The predicted molar refractivity (Wildman–Crippen MR) is 109 cm³/mol. The minimum Gasteiger partial charge on any atom is -0.497 e. The van der Waals surface area contributed by atoms with Crippen LogP contribution in [0.1, 0.15) is 27.4 Å². The molecule has 142 valence electrons. The van der Waals surface area contributed by atoms with Crippen molar-refractivity contribution in [1.82, 2.24) is 14.9 Å². The highest BCUT2D eigenvalue weighted by Crippen LogP contribution is 2.28. The van der Waals surface area contributed by atoms with Gasteiger partial charge in [0.25, 0.3) is 5.91 Å². The van der Waals surface area contributed by atoms with E-state index in [2.05, 4.69) is 4.98 Å². The Morgan fingerprint density at radius 3 is 2.39 bits per heavy atom. The minimum atomic E-state index is 0.0732. The van der Waals surface area contributed by atoms with Crippen LogP contribution in [-0.4, -0.2) is 41.0 Å². The van der Waals surface area contributed by atoms with Crippen molar-refractivity contribution < 1.29 is 9.53 Å². The van der Waals surface area contributed by atoms with E-state index in [1.165, 1.54) is 0 Å². The molecule has 0 radical (unpaired) electrons. The number of carbonyl (C=O) groups excluding carboxylic acids is 1. The van der Waals surface area contributed by atoms with Gasteiger partial charge in [-0.25, -0.2) is 9.97 Å². The maximum absolute atomic E-state index is 12.9. The lowest BCUT2D eigenvalue weighted by molar-refractivity contribution is 0.0763. The normalized spacial score (nSPS) is 13.6. The van der Waals surface area contributed by atoms with Crippen LogP contribution in [-0.2, 0) is 12.8 Å². The Hall–Kier alpha value is -3.21. The molecule has 2 aromatic carbocycles. The molecule has 1 aliphatic heterocycles. The lowest BCUT2D eigenvalue weighted by atomic mass is 10.0. The summed E-state index contributed by atoms with van der Waals surface area (Å²) in [6, 6.07) is 17.4. The number of amides is 1. The molecule has 0 atom stereocenters. The number of aryl methyl sites for hydroxylation is 1. The van der Waals surface area contributed by atoms with Crippen molar-refractivity contribution in [3.05, 3.63) is 77.2 Å². The van der Waals surface area contributed by atoms with Gasteiger partial charge < -0.3 is 9.64 Å². The van der Waals surface area contributed by atoms with E-state index in [-0.39, 0.29) is 5.91 Å². The Morgan fingerprint density at radius 1 is 0.964 bits per heavy atom. The fourth-order valence-electron chi connectivity index (χ4n) is 3.68. The second-order valence-electron chi connectivity index (χ2n) is 6.93. The molecular weight excluding hydrogens is 350 g/mol. The van der Waals surface area contributed by atoms with Gasteiger partial charge in [-0.3, -0.25) is 4.79 Å². The molecule has 5 nitrogen and oxygen atoms in total. The van der Waals surface area contributed by atoms with Crippen LogP contribution in [0.15, 0.2) is 54.6 Å². The first kappa shape index (κ1) is 18.2. The Labute approximate surface area is 165 Å². The topological polar surface area (TPSA) is 55.3 Å². The van der Waals surface area contributed by atoms with Crippen LogP contribution in [0.3, 0.4) is 0 Å². The molecule has 5 heteroatoms. The predicted octanol–water partition coefficient (Wildman–Crippen LogP) is 3.70. The number of carbonyl (C=O) groups is 1. The molecule has 1 amide bonds. The van der Waals surface area contributed by atoms with E-state index in [0.717, 1.165) is 52.5 Å². The largest absolute Gasteiger partial charge is 0.497 e. The van der Waals surface area contributed by atoms with E-state index >= 15 is 0 Å².